The smallest absolute Gasteiger partial charge is 0.144 e. The Kier molecular flexibility index (Phi) is 5.23. The summed E-state index contributed by atoms with van der Waals surface area (Å²) in [4.78, 5) is 0. The van der Waals surface area contributed by atoms with Gasteiger partial charge in [-0.2, -0.15) is 0 Å². The monoisotopic (exact) mass is 407 g/mol. The maximum atomic E-state index is 13.7. The first-order valence-electron chi connectivity index (χ1n) is 5.76. The highest BCUT2D eigenvalue weighted by atomic mass is 79.9. The molecule has 0 unspecified atom stereocenters. The van der Waals surface area contributed by atoms with Gasteiger partial charge in [-0.15, -0.1) is 0 Å². The van der Waals surface area contributed by atoms with Crippen LogP contribution in [0.4, 0.5) is 13.2 Å². The number of nitrogens with one attached hydrogen (secondary N) is 1. The van der Waals surface area contributed by atoms with Gasteiger partial charge in [0.05, 0.1) is 4.47 Å². The van der Waals surface area contributed by atoms with Crippen molar-refractivity contribution in [1.82, 2.24) is 5.32 Å². The van der Waals surface area contributed by atoms with Crippen LogP contribution >= 0.6 is 31.9 Å². The predicted molar refractivity (Wildman–Crippen MR) is 78.7 cm³/mol. The number of hydrogen-bond acceptors (Lipinski definition) is 1. The first-order chi connectivity index (χ1) is 9.49. The van der Waals surface area contributed by atoms with E-state index in [-0.39, 0.29) is 22.4 Å². The van der Waals surface area contributed by atoms with E-state index in [1.165, 1.54) is 24.3 Å². The van der Waals surface area contributed by atoms with Gasteiger partial charge in [0.15, 0.2) is 0 Å². The van der Waals surface area contributed by atoms with Crippen molar-refractivity contribution in [2.24, 2.45) is 0 Å². The molecule has 2 aromatic rings. The first-order valence-corrected chi connectivity index (χ1v) is 7.34. The first kappa shape index (κ1) is 15.5. The van der Waals surface area contributed by atoms with Crippen molar-refractivity contribution in [1.29, 1.82) is 0 Å². The number of benzene rings is 2. The minimum Gasteiger partial charge on any atom is -0.308 e. The summed E-state index contributed by atoms with van der Waals surface area (Å²) in [5.74, 6) is -1.60. The van der Waals surface area contributed by atoms with Gasteiger partial charge in [0.1, 0.15) is 17.5 Å². The second-order valence-electron chi connectivity index (χ2n) is 4.16. The molecular weight excluding hydrogens is 399 g/mol. The normalized spacial score (nSPS) is 10.8. The molecule has 0 atom stereocenters. The molecule has 0 radical (unpaired) electrons. The third kappa shape index (κ3) is 3.62. The summed E-state index contributed by atoms with van der Waals surface area (Å²) in [5.41, 5.74) is 0.632. The second-order valence-corrected chi connectivity index (χ2v) is 5.87. The third-order valence-electron chi connectivity index (χ3n) is 2.76. The molecule has 6 heteroatoms. The van der Waals surface area contributed by atoms with Crippen molar-refractivity contribution < 1.29 is 13.2 Å². The Morgan fingerprint density at radius 3 is 2.35 bits per heavy atom. The Labute approximate surface area is 131 Å². The van der Waals surface area contributed by atoms with Gasteiger partial charge in [0.2, 0.25) is 0 Å². The van der Waals surface area contributed by atoms with Gasteiger partial charge in [-0.25, -0.2) is 13.2 Å². The Balaban J connectivity index is 2.07. The molecule has 0 amide bonds. The molecule has 0 bridgehead atoms. The Bertz CT molecular complexity index is 632. The molecule has 0 spiro atoms. The van der Waals surface area contributed by atoms with E-state index < -0.39 is 11.6 Å². The van der Waals surface area contributed by atoms with Gasteiger partial charge in [0, 0.05) is 23.1 Å². The highest BCUT2D eigenvalue weighted by molar-refractivity contribution is 9.10. The molecule has 0 aliphatic rings. The van der Waals surface area contributed by atoms with Crippen LogP contribution in [0.25, 0.3) is 0 Å². The van der Waals surface area contributed by atoms with Crippen LogP contribution in [-0.4, -0.2) is 0 Å². The predicted octanol–water partition coefficient (Wildman–Crippen LogP) is 4.92. The van der Waals surface area contributed by atoms with E-state index in [2.05, 4.69) is 37.2 Å². The van der Waals surface area contributed by atoms with E-state index in [0.717, 1.165) is 4.47 Å². The fraction of sp³-hybridized carbons (Fsp3) is 0.143. The summed E-state index contributed by atoms with van der Waals surface area (Å²) < 4.78 is 41.3. The molecule has 20 heavy (non-hydrogen) atoms. The third-order valence-corrected chi connectivity index (χ3v) is 4.15. The second kappa shape index (κ2) is 6.74. The van der Waals surface area contributed by atoms with Gasteiger partial charge in [-0.1, -0.05) is 15.9 Å². The van der Waals surface area contributed by atoms with E-state index >= 15 is 0 Å². The standard InChI is InChI=1S/C14H10Br2F3N/c15-11-2-1-9(17)5-8(11)6-20-7-10-13(18)4-3-12(16)14(10)19/h1-5,20H,6-7H2. The topological polar surface area (TPSA) is 12.0 Å². The quantitative estimate of drug-likeness (QED) is 0.708. The average Bonchev–Trinajstić information content (AvgIpc) is 2.42. The minimum atomic E-state index is -0.629. The van der Waals surface area contributed by atoms with Crippen LogP contribution in [0.2, 0.25) is 0 Å². The molecule has 2 rings (SSSR count). The van der Waals surface area contributed by atoms with Crippen LogP contribution in [0.1, 0.15) is 11.1 Å². The maximum Gasteiger partial charge on any atom is 0.144 e. The molecule has 1 N–H and O–H groups in total. The van der Waals surface area contributed by atoms with E-state index in [4.69, 9.17) is 0 Å². The summed E-state index contributed by atoms with van der Waals surface area (Å²) in [6.07, 6.45) is 0. The molecular formula is C14H10Br2F3N. The summed E-state index contributed by atoms with van der Waals surface area (Å²) in [5, 5.41) is 2.90. The molecule has 0 aliphatic carbocycles. The van der Waals surface area contributed by atoms with Crippen LogP contribution in [0, 0.1) is 17.5 Å². The Morgan fingerprint density at radius 1 is 0.900 bits per heavy atom. The Hall–Kier alpha value is -0.850. The lowest BCUT2D eigenvalue weighted by atomic mass is 10.2. The lowest BCUT2D eigenvalue weighted by Gasteiger charge is -2.09. The molecule has 0 saturated heterocycles. The Morgan fingerprint density at radius 2 is 1.60 bits per heavy atom. The molecule has 1 nitrogen and oxygen atoms in total. The van der Waals surface area contributed by atoms with Gasteiger partial charge in [-0.3, -0.25) is 0 Å². The lowest BCUT2D eigenvalue weighted by Crippen LogP contribution is -2.15. The molecule has 106 valence electrons. The maximum absolute atomic E-state index is 13.7. The van der Waals surface area contributed by atoms with Crippen LogP contribution in [-0.2, 0) is 13.1 Å². The SMILES string of the molecule is Fc1ccc(Br)c(CNCc2c(F)ccc(Br)c2F)c1. The van der Waals surface area contributed by atoms with Crippen LogP contribution in [0.5, 0.6) is 0 Å². The van der Waals surface area contributed by atoms with Gasteiger partial charge in [0.25, 0.3) is 0 Å². The lowest BCUT2D eigenvalue weighted by molar-refractivity contribution is 0.531. The van der Waals surface area contributed by atoms with E-state index in [0.29, 0.717) is 12.1 Å². The van der Waals surface area contributed by atoms with Crippen molar-refractivity contribution in [3.8, 4) is 0 Å². The fourth-order valence-electron chi connectivity index (χ4n) is 1.73. The molecule has 0 aliphatic heterocycles. The van der Waals surface area contributed by atoms with Gasteiger partial charge >= 0.3 is 0 Å². The molecule has 2 aromatic carbocycles. The summed E-state index contributed by atoms with van der Waals surface area (Å²) in [6, 6.07) is 6.80. The number of halogens is 5. The van der Waals surface area contributed by atoms with Gasteiger partial charge < -0.3 is 5.32 Å². The molecule has 0 aromatic heterocycles. The van der Waals surface area contributed by atoms with Crippen molar-refractivity contribution in [2.75, 3.05) is 0 Å². The zero-order valence-electron chi connectivity index (χ0n) is 10.2. The average molecular weight is 409 g/mol. The van der Waals surface area contributed by atoms with Crippen LogP contribution in [0.3, 0.4) is 0 Å². The van der Waals surface area contributed by atoms with Crippen molar-refractivity contribution in [3.63, 3.8) is 0 Å². The number of hydrogen-bond donors (Lipinski definition) is 1. The van der Waals surface area contributed by atoms with E-state index in [1.807, 2.05) is 0 Å². The summed E-state index contributed by atoms with van der Waals surface area (Å²) in [7, 11) is 0. The van der Waals surface area contributed by atoms with Crippen LogP contribution in [0.15, 0.2) is 39.3 Å². The highest BCUT2D eigenvalue weighted by Crippen LogP contribution is 2.22. The zero-order valence-corrected chi connectivity index (χ0v) is 13.4. The van der Waals surface area contributed by atoms with E-state index in [9.17, 15) is 13.2 Å². The fourth-order valence-corrected chi connectivity index (χ4v) is 2.49. The van der Waals surface area contributed by atoms with Crippen LogP contribution < -0.4 is 5.32 Å². The van der Waals surface area contributed by atoms with Crippen molar-refractivity contribution in [2.45, 2.75) is 13.1 Å². The minimum absolute atomic E-state index is 0.0139. The molecule has 0 heterocycles. The van der Waals surface area contributed by atoms with Gasteiger partial charge in [-0.05, 0) is 51.8 Å². The molecule has 0 saturated carbocycles. The highest BCUT2D eigenvalue weighted by Gasteiger charge is 2.12. The molecule has 0 fully saturated rings. The van der Waals surface area contributed by atoms with Crippen molar-refractivity contribution in [3.05, 3.63) is 67.9 Å². The van der Waals surface area contributed by atoms with E-state index in [1.54, 1.807) is 6.07 Å². The number of rotatable bonds is 4. The summed E-state index contributed by atoms with van der Waals surface area (Å²) in [6.45, 7) is 0.309. The van der Waals surface area contributed by atoms with Crippen molar-refractivity contribution >= 4 is 31.9 Å². The largest absolute Gasteiger partial charge is 0.308 e. The zero-order chi connectivity index (χ0) is 14.7. The summed E-state index contributed by atoms with van der Waals surface area (Å²) >= 11 is 6.31.